The number of ether oxygens (including phenoxy) is 2. The highest BCUT2D eigenvalue weighted by Crippen LogP contribution is 2.44. The standard InChI is InChI=1S/C26H23IN2O6S/c1-4-34-18-8-6-7-16(13-18)21(30)19-20(15-9-11-17(27)12-10-15)29(24(32)22(19)31)26-28-14(3)23(36-26)25(33)35-5-2/h6-13,20,30H,4-5H2,1-3H3. The number of halogens is 1. The van der Waals surface area contributed by atoms with Gasteiger partial charge in [0.05, 0.1) is 30.5 Å². The summed E-state index contributed by atoms with van der Waals surface area (Å²) in [6.45, 7) is 5.81. The number of anilines is 1. The van der Waals surface area contributed by atoms with Crippen molar-refractivity contribution in [3.8, 4) is 5.75 Å². The number of nitrogens with zero attached hydrogens (tertiary/aromatic N) is 2. The summed E-state index contributed by atoms with van der Waals surface area (Å²) >= 11 is 3.13. The number of amides is 1. The van der Waals surface area contributed by atoms with Crippen molar-refractivity contribution in [2.45, 2.75) is 26.8 Å². The van der Waals surface area contributed by atoms with Crippen LogP contribution in [0.25, 0.3) is 5.76 Å². The SMILES string of the molecule is CCOC(=O)c1sc(N2C(=O)C(=O)C(=C(O)c3cccc(OCC)c3)C2c2ccc(I)cc2)nc1C. The van der Waals surface area contributed by atoms with E-state index < -0.39 is 23.7 Å². The Morgan fingerprint density at radius 2 is 1.86 bits per heavy atom. The predicted molar refractivity (Wildman–Crippen MR) is 144 cm³/mol. The Labute approximate surface area is 225 Å². The first-order valence-electron chi connectivity index (χ1n) is 11.2. The van der Waals surface area contributed by atoms with Crippen molar-refractivity contribution < 1.29 is 29.0 Å². The minimum atomic E-state index is -0.946. The Morgan fingerprint density at radius 1 is 1.14 bits per heavy atom. The van der Waals surface area contributed by atoms with Crippen LogP contribution in [0, 0.1) is 10.5 Å². The van der Waals surface area contributed by atoms with Crippen LogP contribution in [0.1, 0.15) is 46.4 Å². The van der Waals surface area contributed by atoms with Gasteiger partial charge < -0.3 is 14.6 Å². The summed E-state index contributed by atoms with van der Waals surface area (Å²) < 4.78 is 11.6. The maximum Gasteiger partial charge on any atom is 0.350 e. The van der Waals surface area contributed by atoms with E-state index in [-0.39, 0.29) is 27.9 Å². The monoisotopic (exact) mass is 618 g/mol. The molecule has 1 aliphatic rings. The summed E-state index contributed by atoms with van der Waals surface area (Å²) in [5.41, 5.74) is 1.28. The van der Waals surface area contributed by atoms with Crippen LogP contribution in [0.5, 0.6) is 5.75 Å². The number of aliphatic hydroxyl groups excluding tert-OH is 1. The van der Waals surface area contributed by atoms with Crippen molar-refractivity contribution in [1.82, 2.24) is 4.98 Å². The van der Waals surface area contributed by atoms with Gasteiger partial charge in [0.2, 0.25) is 0 Å². The molecule has 3 aromatic rings. The number of aryl methyl sites for hydroxylation is 1. The van der Waals surface area contributed by atoms with Gasteiger partial charge in [-0.05, 0) is 73.2 Å². The van der Waals surface area contributed by atoms with Gasteiger partial charge >= 0.3 is 11.9 Å². The van der Waals surface area contributed by atoms with E-state index in [4.69, 9.17) is 9.47 Å². The van der Waals surface area contributed by atoms with Gasteiger partial charge in [0, 0.05) is 9.13 Å². The van der Waals surface area contributed by atoms with Crippen molar-refractivity contribution in [3.63, 3.8) is 0 Å². The Hall–Kier alpha value is -3.25. The first-order chi connectivity index (χ1) is 17.3. The van der Waals surface area contributed by atoms with Gasteiger partial charge in [0.15, 0.2) is 5.13 Å². The fourth-order valence-corrected chi connectivity index (χ4v) is 5.26. The molecule has 1 atom stereocenters. The summed E-state index contributed by atoms with van der Waals surface area (Å²) in [6, 6.07) is 13.0. The molecule has 0 saturated carbocycles. The molecule has 1 fully saturated rings. The van der Waals surface area contributed by atoms with E-state index >= 15 is 0 Å². The van der Waals surface area contributed by atoms with Crippen molar-refractivity contribution in [2.24, 2.45) is 0 Å². The lowest BCUT2D eigenvalue weighted by molar-refractivity contribution is -0.132. The van der Waals surface area contributed by atoms with Gasteiger partial charge in [-0.15, -0.1) is 0 Å². The number of esters is 1. The molecule has 186 valence electrons. The molecule has 1 N–H and O–H groups in total. The number of hydrogen-bond acceptors (Lipinski definition) is 8. The Kier molecular flexibility index (Phi) is 7.74. The van der Waals surface area contributed by atoms with Crippen LogP contribution in [-0.2, 0) is 14.3 Å². The molecule has 1 aromatic heterocycles. The van der Waals surface area contributed by atoms with Gasteiger partial charge in [-0.25, -0.2) is 9.78 Å². The highest BCUT2D eigenvalue weighted by atomic mass is 127. The molecule has 0 aliphatic carbocycles. The number of thiazole rings is 1. The minimum Gasteiger partial charge on any atom is -0.507 e. The fourth-order valence-electron chi connectivity index (χ4n) is 3.92. The third kappa shape index (κ3) is 4.87. The van der Waals surface area contributed by atoms with Crippen LogP contribution in [0.3, 0.4) is 0 Å². The smallest absolute Gasteiger partial charge is 0.350 e. The predicted octanol–water partition coefficient (Wildman–Crippen LogP) is 5.26. The van der Waals surface area contributed by atoms with Gasteiger partial charge in [0.1, 0.15) is 16.4 Å². The van der Waals surface area contributed by atoms with Gasteiger partial charge in [-0.1, -0.05) is 35.6 Å². The van der Waals surface area contributed by atoms with Crippen molar-refractivity contribution in [3.05, 3.63) is 79.4 Å². The average Bonchev–Trinajstić information content (AvgIpc) is 3.36. The summed E-state index contributed by atoms with van der Waals surface area (Å²) in [6.07, 6.45) is 0. The molecule has 1 saturated heterocycles. The average molecular weight is 618 g/mol. The second kappa shape index (κ2) is 10.8. The lowest BCUT2D eigenvalue weighted by Gasteiger charge is -2.23. The summed E-state index contributed by atoms with van der Waals surface area (Å²) in [4.78, 5) is 45.0. The molecule has 1 aliphatic heterocycles. The normalized spacial score (nSPS) is 16.9. The molecular weight excluding hydrogens is 595 g/mol. The second-order valence-electron chi connectivity index (χ2n) is 7.81. The van der Waals surface area contributed by atoms with E-state index in [9.17, 15) is 19.5 Å². The molecule has 4 rings (SSSR count). The summed E-state index contributed by atoms with van der Waals surface area (Å²) in [5, 5.41) is 11.5. The van der Waals surface area contributed by atoms with E-state index in [1.807, 2.05) is 19.1 Å². The van der Waals surface area contributed by atoms with Gasteiger partial charge in [-0.3, -0.25) is 14.5 Å². The van der Waals surface area contributed by atoms with Crippen LogP contribution in [-0.4, -0.2) is 41.0 Å². The van der Waals surface area contributed by atoms with Crippen LogP contribution in [0.2, 0.25) is 0 Å². The van der Waals surface area contributed by atoms with Crippen LogP contribution >= 0.6 is 33.9 Å². The maximum absolute atomic E-state index is 13.3. The van der Waals surface area contributed by atoms with E-state index in [1.165, 1.54) is 4.90 Å². The molecule has 0 bridgehead atoms. The quantitative estimate of drug-likeness (QED) is 0.127. The minimum absolute atomic E-state index is 0.0691. The maximum atomic E-state index is 13.3. The molecule has 10 heteroatoms. The number of carbonyl (C=O) groups excluding carboxylic acids is 3. The van der Waals surface area contributed by atoms with Crippen LogP contribution < -0.4 is 9.64 Å². The number of aromatic nitrogens is 1. The molecule has 2 heterocycles. The molecular formula is C26H23IN2O6S. The number of rotatable bonds is 7. The number of carbonyl (C=O) groups is 3. The molecule has 0 spiro atoms. The summed E-state index contributed by atoms with van der Waals surface area (Å²) in [5.74, 6) is -2.03. The van der Waals surface area contributed by atoms with Gasteiger partial charge in [0.25, 0.3) is 5.78 Å². The van der Waals surface area contributed by atoms with Crippen molar-refractivity contribution in [2.75, 3.05) is 18.1 Å². The Morgan fingerprint density at radius 3 is 2.53 bits per heavy atom. The third-order valence-corrected chi connectivity index (χ3v) is 7.36. The van der Waals surface area contributed by atoms with Gasteiger partial charge in [-0.2, -0.15) is 0 Å². The van der Waals surface area contributed by atoms with E-state index in [0.717, 1.165) is 14.9 Å². The number of benzene rings is 2. The third-order valence-electron chi connectivity index (χ3n) is 5.50. The Bertz CT molecular complexity index is 1370. The number of Topliss-reactive ketones (excluding diaryl/α,β-unsaturated/α-hetero) is 1. The molecule has 1 unspecified atom stereocenters. The van der Waals surface area contributed by atoms with E-state index in [0.29, 0.717) is 29.2 Å². The van der Waals surface area contributed by atoms with Crippen LogP contribution in [0.15, 0.2) is 54.1 Å². The van der Waals surface area contributed by atoms with E-state index in [1.54, 1.807) is 50.2 Å². The zero-order valence-corrected chi connectivity index (χ0v) is 22.8. The molecule has 8 nitrogen and oxygen atoms in total. The zero-order chi connectivity index (χ0) is 26.0. The highest BCUT2D eigenvalue weighted by molar-refractivity contribution is 14.1. The highest BCUT2D eigenvalue weighted by Gasteiger charge is 2.48. The first-order valence-corrected chi connectivity index (χ1v) is 13.1. The second-order valence-corrected chi connectivity index (χ2v) is 10.0. The molecule has 0 radical (unpaired) electrons. The lowest BCUT2D eigenvalue weighted by atomic mass is 9.95. The topological polar surface area (TPSA) is 106 Å². The number of hydrogen-bond donors (Lipinski definition) is 1. The largest absolute Gasteiger partial charge is 0.507 e. The van der Waals surface area contributed by atoms with Crippen molar-refractivity contribution >= 4 is 62.5 Å². The van der Waals surface area contributed by atoms with Crippen LogP contribution in [0.4, 0.5) is 5.13 Å². The summed E-state index contributed by atoms with van der Waals surface area (Å²) in [7, 11) is 0. The fraction of sp³-hybridized carbons (Fsp3) is 0.231. The first kappa shape index (κ1) is 25.8. The molecule has 36 heavy (non-hydrogen) atoms. The molecule has 2 aromatic carbocycles. The molecule has 1 amide bonds. The van der Waals surface area contributed by atoms with Crippen molar-refractivity contribution in [1.29, 1.82) is 0 Å². The van der Waals surface area contributed by atoms with E-state index in [2.05, 4.69) is 27.6 Å². The lowest BCUT2D eigenvalue weighted by Crippen LogP contribution is -2.29. The number of aliphatic hydroxyl groups is 1. The zero-order valence-electron chi connectivity index (χ0n) is 19.8. The number of ketones is 1. The Balaban J connectivity index is 1.89.